The van der Waals surface area contributed by atoms with E-state index in [2.05, 4.69) is 40.2 Å². The van der Waals surface area contributed by atoms with Crippen LogP contribution in [-0.2, 0) is 0 Å². The van der Waals surface area contributed by atoms with Gasteiger partial charge in [-0.05, 0) is 56.1 Å². The zero-order valence-electron chi connectivity index (χ0n) is 19.6. The van der Waals surface area contributed by atoms with Gasteiger partial charge < -0.3 is 20.3 Å². The zero-order chi connectivity index (χ0) is 24.1. The highest BCUT2D eigenvalue weighted by Crippen LogP contribution is 2.35. The fraction of sp³-hybridized carbons (Fsp3) is 0.296. The zero-order valence-corrected chi connectivity index (χ0v) is 19.6. The number of rotatable bonds is 7. The molecule has 2 heterocycles. The third kappa shape index (κ3) is 5.19. The van der Waals surface area contributed by atoms with Crippen LogP contribution in [0.3, 0.4) is 0 Å². The predicted octanol–water partition coefficient (Wildman–Crippen LogP) is 4.23. The van der Waals surface area contributed by atoms with Gasteiger partial charge in [-0.15, -0.1) is 0 Å². The number of fused-ring (bicyclic) bond motifs is 1. The monoisotopic (exact) mass is 455 g/mol. The van der Waals surface area contributed by atoms with E-state index >= 15 is 0 Å². The summed E-state index contributed by atoms with van der Waals surface area (Å²) in [7, 11) is 3.69. The van der Waals surface area contributed by atoms with E-state index in [0.29, 0.717) is 29.3 Å². The van der Waals surface area contributed by atoms with Crippen molar-refractivity contribution in [2.75, 3.05) is 39.1 Å². The van der Waals surface area contributed by atoms with Crippen molar-refractivity contribution < 1.29 is 9.53 Å². The second-order valence-electron chi connectivity index (χ2n) is 8.63. The third-order valence-electron chi connectivity index (χ3n) is 6.08. The fourth-order valence-electron chi connectivity index (χ4n) is 4.31. The van der Waals surface area contributed by atoms with Crippen LogP contribution in [0.25, 0.3) is 22.0 Å². The normalized spacial score (nSPS) is 16.0. The number of likely N-dealkylation sites (N-methyl/N-ethyl adjacent to an activating group) is 1. The maximum Gasteiger partial charge on any atom is 0.270 e. The van der Waals surface area contributed by atoms with Crippen LogP contribution >= 0.6 is 0 Å². The second kappa shape index (κ2) is 10.4. The van der Waals surface area contributed by atoms with Crippen molar-refractivity contribution in [2.45, 2.75) is 18.9 Å². The number of methoxy groups -OCH3 is 1. The number of nitrogens with zero attached hydrogens (tertiary/aromatic N) is 3. The Hall–Kier alpha value is -3.89. The van der Waals surface area contributed by atoms with Crippen LogP contribution in [0.5, 0.6) is 5.75 Å². The van der Waals surface area contributed by atoms with Crippen LogP contribution in [0.2, 0.25) is 0 Å². The molecule has 2 aromatic carbocycles. The molecule has 7 heteroatoms. The second-order valence-corrected chi connectivity index (χ2v) is 8.63. The summed E-state index contributed by atoms with van der Waals surface area (Å²) in [4.78, 5) is 19.8. The lowest BCUT2D eigenvalue weighted by atomic mass is 10.0. The number of nitrogens with one attached hydrogen (secondary N) is 2. The van der Waals surface area contributed by atoms with Gasteiger partial charge in [0.1, 0.15) is 11.4 Å². The molecule has 0 aliphatic carbocycles. The molecular formula is C27H29N5O2. The van der Waals surface area contributed by atoms with Gasteiger partial charge in [0.2, 0.25) is 0 Å². The van der Waals surface area contributed by atoms with Gasteiger partial charge in [0, 0.05) is 35.7 Å². The first-order chi connectivity index (χ1) is 16.5. The minimum atomic E-state index is -0.151. The molecule has 0 saturated carbocycles. The Morgan fingerprint density at radius 3 is 2.88 bits per heavy atom. The summed E-state index contributed by atoms with van der Waals surface area (Å²) in [5, 5.41) is 17.4. The Labute approximate surface area is 200 Å². The van der Waals surface area contributed by atoms with E-state index in [1.165, 1.54) is 0 Å². The predicted molar refractivity (Wildman–Crippen MR) is 135 cm³/mol. The number of carbonyl (C=O) groups excluding carboxylic acids is 1. The lowest BCUT2D eigenvalue weighted by Gasteiger charge is -2.30. The maximum atomic E-state index is 12.9. The average Bonchev–Trinajstić information content (AvgIpc) is 2.86. The average molecular weight is 456 g/mol. The molecule has 1 atom stereocenters. The van der Waals surface area contributed by atoms with E-state index in [1.54, 1.807) is 13.2 Å². The number of likely N-dealkylation sites (tertiary alicyclic amines) is 1. The van der Waals surface area contributed by atoms with Crippen molar-refractivity contribution in [1.29, 1.82) is 5.26 Å². The van der Waals surface area contributed by atoms with E-state index < -0.39 is 0 Å². The van der Waals surface area contributed by atoms with E-state index in [1.807, 2.05) is 42.5 Å². The van der Waals surface area contributed by atoms with E-state index in [4.69, 9.17) is 10.00 Å². The Morgan fingerprint density at radius 1 is 1.29 bits per heavy atom. The lowest BCUT2D eigenvalue weighted by Crippen LogP contribution is -2.46. The first-order valence-corrected chi connectivity index (χ1v) is 11.4. The minimum absolute atomic E-state index is 0.140. The van der Waals surface area contributed by atoms with Gasteiger partial charge in [-0.2, -0.15) is 5.26 Å². The smallest absolute Gasteiger partial charge is 0.270 e. The number of pyridine rings is 1. The molecule has 1 amide bonds. The Balaban J connectivity index is 1.64. The van der Waals surface area contributed by atoms with Crippen LogP contribution in [0, 0.1) is 11.3 Å². The van der Waals surface area contributed by atoms with Crippen molar-refractivity contribution in [3.05, 3.63) is 66.4 Å². The highest BCUT2D eigenvalue weighted by atomic mass is 16.5. The van der Waals surface area contributed by atoms with E-state index in [9.17, 15) is 4.79 Å². The van der Waals surface area contributed by atoms with Crippen molar-refractivity contribution in [1.82, 2.24) is 15.2 Å². The topological polar surface area (TPSA) is 90.3 Å². The van der Waals surface area contributed by atoms with Crippen molar-refractivity contribution in [2.24, 2.45) is 0 Å². The first kappa shape index (κ1) is 23.3. The number of anilines is 1. The summed E-state index contributed by atoms with van der Waals surface area (Å²) in [6, 6.07) is 17.6. The molecule has 0 radical (unpaired) electrons. The Bertz CT molecular complexity index is 1260. The van der Waals surface area contributed by atoms with Gasteiger partial charge in [0.05, 0.1) is 24.6 Å². The number of aromatic nitrogens is 1. The maximum absolute atomic E-state index is 12.9. The fourth-order valence-corrected chi connectivity index (χ4v) is 4.31. The molecule has 0 unspecified atom stereocenters. The number of hydrogen-bond donors (Lipinski definition) is 2. The van der Waals surface area contributed by atoms with Crippen LogP contribution in [0.15, 0.2) is 60.7 Å². The molecule has 2 N–H and O–H groups in total. The summed E-state index contributed by atoms with van der Waals surface area (Å²) >= 11 is 0. The molecule has 0 bridgehead atoms. The number of ether oxygens (including phenoxy) is 1. The van der Waals surface area contributed by atoms with Gasteiger partial charge in [0.15, 0.2) is 0 Å². The molecule has 174 valence electrons. The number of carbonyl (C=O) groups is 1. The standard InChI is InChI=1S/C27H29N5O2/c1-18(15-28)16-29-26-22-14-20(10-9-19(22)11-12-25(26)34-3)23-7-4-8-24(31-23)27(33)30-21-6-5-13-32(2)17-21/h4,7-12,14,21,29H,1,5-6,13,16-17H2,2-3H3,(H,30,33)/t21-/m0/s1. The highest BCUT2D eigenvalue weighted by Gasteiger charge is 2.20. The molecule has 1 fully saturated rings. The summed E-state index contributed by atoms with van der Waals surface area (Å²) < 4.78 is 5.55. The number of hydrogen-bond acceptors (Lipinski definition) is 6. The van der Waals surface area contributed by atoms with Crippen LogP contribution in [0.4, 0.5) is 5.69 Å². The molecule has 1 aliphatic rings. The van der Waals surface area contributed by atoms with Gasteiger partial charge in [-0.25, -0.2) is 4.98 Å². The van der Waals surface area contributed by atoms with E-state index in [-0.39, 0.29) is 11.9 Å². The first-order valence-electron chi connectivity index (χ1n) is 11.4. The molecule has 3 aromatic rings. The van der Waals surface area contributed by atoms with Crippen LogP contribution in [-0.4, -0.2) is 55.6 Å². The van der Waals surface area contributed by atoms with E-state index in [0.717, 1.165) is 48.0 Å². The Kier molecular flexibility index (Phi) is 7.09. The van der Waals surface area contributed by atoms with Gasteiger partial charge in [-0.3, -0.25) is 4.79 Å². The minimum Gasteiger partial charge on any atom is -0.495 e. The summed E-state index contributed by atoms with van der Waals surface area (Å²) in [5.41, 5.74) is 3.22. The summed E-state index contributed by atoms with van der Waals surface area (Å²) in [6.45, 7) is 5.98. The molecule has 1 aliphatic heterocycles. The number of nitriles is 1. The Morgan fingerprint density at radius 2 is 2.12 bits per heavy atom. The van der Waals surface area contributed by atoms with Gasteiger partial charge >= 0.3 is 0 Å². The number of benzene rings is 2. The molecule has 0 spiro atoms. The van der Waals surface area contributed by atoms with Crippen LogP contribution < -0.4 is 15.4 Å². The lowest BCUT2D eigenvalue weighted by molar-refractivity contribution is 0.0907. The molecular weight excluding hydrogens is 426 g/mol. The number of piperidine rings is 1. The van der Waals surface area contributed by atoms with Crippen molar-refractivity contribution in [3.8, 4) is 23.1 Å². The van der Waals surface area contributed by atoms with Crippen molar-refractivity contribution >= 4 is 22.4 Å². The van der Waals surface area contributed by atoms with Crippen molar-refractivity contribution in [3.63, 3.8) is 0 Å². The molecule has 34 heavy (non-hydrogen) atoms. The molecule has 7 nitrogen and oxygen atoms in total. The highest BCUT2D eigenvalue weighted by molar-refractivity contribution is 5.99. The van der Waals surface area contributed by atoms with Crippen LogP contribution in [0.1, 0.15) is 23.3 Å². The number of amides is 1. The van der Waals surface area contributed by atoms with Gasteiger partial charge in [0.25, 0.3) is 5.91 Å². The SMILES string of the molecule is C=C(C#N)CNc1c(OC)ccc2ccc(-c3cccc(C(=O)N[C@H]4CCCN(C)C4)n3)cc12. The molecule has 4 rings (SSSR count). The third-order valence-corrected chi connectivity index (χ3v) is 6.08. The molecule has 1 saturated heterocycles. The van der Waals surface area contributed by atoms with Gasteiger partial charge in [-0.1, -0.05) is 30.8 Å². The summed E-state index contributed by atoms with van der Waals surface area (Å²) in [6.07, 6.45) is 2.06. The molecule has 1 aromatic heterocycles. The largest absolute Gasteiger partial charge is 0.495 e. The summed E-state index contributed by atoms with van der Waals surface area (Å²) in [5.74, 6) is 0.524. The quantitative estimate of drug-likeness (QED) is 0.518.